The molecule has 9 nitrogen and oxygen atoms in total. The first-order chi connectivity index (χ1) is 20.0. The second-order valence-corrected chi connectivity index (χ2v) is 13.0. The third-order valence-corrected chi connectivity index (χ3v) is 9.17. The summed E-state index contributed by atoms with van der Waals surface area (Å²) in [6.07, 6.45) is 7.58. The molecule has 1 N–H and O–H groups in total. The van der Waals surface area contributed by atoms with E-state index >= 15 is 0 Å². The smallest absolute Gasteiger partial charge is 0.228 e. The van der Waals surface area contributed by atoms with E-state index in [4.69, 9.17) is 9.72 Å². The van der Waals surface area contributed by atoms with Crippen LogP contribution in [0.1, 0.15) is 76.6 Å². The van der Waals surface area contributed by atoms with Crippen molar-refractivity contribution in [1.82, 2.24) is 24.8 Å². The van der Waals surface area contributed by atoms with E-state index in [2.05, 4.69) is 73.2 Å². The molecule has 1 saturated carbocycles. The molecule has 2 aromatic heterocycles. The average molecular weight is 573 g/mol. The summed E-state index contributed by atoms with van der Waals surface area (Å²) in [5, 5.41) is 2.18. The molecule has 0 bridgehead atoms. The zero-order chi connectivity index (χ0) is 30.1. The van der Waals surface area contributed by atoms with Crippen LogP contribution in [0.3, 0.4) is 0 Å². The summed E-state index contributed by atoms with van der Waals surface area (Å²) in [5.41, 5.74) is 4.35. The Hall–Kier alpha value is -3.72. The van der Waals surface area contributed by atoms with Gasteiger partial charge in [-0.1, -0.05) is 38.5 Å². The van der Waals surface area contributed by atoms with E-state index in [1.165, 1.54) is 30.4 Å². The largest absolute Gasteiger partial charge is 0.490 e. The lowest BCUT2D eigenvalue weighted by molar-refractivity contribution is -0.125. The van der Waals surface area contributed by atoms with Crippen LogP contribution in [-0.4, -0.2) is 51.4 Å². The van der Waals surface area contributed by atoms with Gasteiger partial charge in [0, 0.05) is 45.6 Å². The molecule has 9 heteroatoms. The molecule has 0 spiro atoms. The first-order valence-corrected chi connectivity index (χ1v) is 15.0. The van der Waals surface area contributed by atoms with Gasteiger partial charge in [0.2, 0.25) is 12.3 Å². The number of hydrogen-bond acceptors (Lipinski definition) is 7. The van der Waals surface area contributed by atoms with Crippen LogP contribution in [0.4, 0.5) is 5.82 Å². The van der Waals surface area contributed by atoms with Crippen LogP contribution in [0.15, 0.2) is 42.6 Å². The summed E-state index contributed by atoms with van der Waals surface area (Å²) in [6.45, 7) is 11.2. The van der Waals surface area contributed by atoms with E-state index in [1.807, 2.05) is 29.6 Å². The van der Waals surface area contributed by atoms with E-state index in [0.717, 1.165) is 48.3 Å². The SMILES string of the molecule is CN(CCC(=O)NC=O)c1cnc(-c2ccc3c(n2)C(C)(C)N(Cc2ccc(OC4CCCCC4(C)C)cc2)C3)n1C. The Morgan fingerprint density at radius 2 is 1.90 bits per heavy atom. The van der Waals surface area contributed by atoms with E-state index in [9.17, 15) is 9.59 Å². The number of carbonyl (C=O) groups is 2. The average Bonchev–Trinajstić information content (AvgIpc) is 3.45. The van der Waals surface area contributed by atoms with Gasteiger partial charge in [0.15, 0.2) is 5.82 Å². The van der Waals surface area contributed by atoms with Gasteiger partial charge in [0.25, 0.3) is 0 Å². The van der Waals surface area contributed by atoms with Crippen LogP contribution in [0.5, 0.6) is 5.75 Å². The summed E-state index contributed by atoms with van der Waals surface area (Å²) in [4.78, 5) is 36.4. The minimum atomic E-state index is -0.306. The van der Waals surface area contributed by atoms with Gasteiger partial charge in [0.1, 0.15) is 23.4 Å². The molecule has 42 heavy (non-hydrogen) atoms. The van der Waals surface area contributed by atoms with Crippen molar-refractivity contribution in [2.75, 3.05) is 18.5 Å². The van der Waals surface area contributed by atoms with Crippen molar-refractivity contribution in [2.24, 2.45) is 12.5 Å². The standard InChI is InChI=1S/C33H44N6O3/c1-32(2)17-8-7-9-27(32)42-25-13-10-23(11-14-25)20-39-21-24-12-15-26(36-30(24)33(39,3)4)31-34-19-29(38(31)6)37(5)18-16-28(41)35-22-40/h10-15,19,22,27H,7-9,16-18,20-21H2,1-6H3,(H,35,40,41). The quantitative estimate of drug-likeness (QED) is 0.335. The molecule has 1 aromatic carbocycles. The van der Waals surface area contributed by atoms with Gasteiger partial charge >= 0.3 is 0 Å². The summed E-state index contributed by atoms with van der Waals surface area (Å²) in [6, 6.07) is 12.8. The molecule has 1 unspecified atom stereocenters. The maximum Gasteiger partial charge on any atom is 0.228 e. The van der Waals surface area contributed by atoms with Crippen molar-refractivity contribution in [3.8, 4) is 17.3 Å². The number of imide groups is 1. The predicted molar refractivity (Wildman–Crippen MR) is 164 cm³/mol. The number of benzene rings is 1. The number of aromatic nitrogens is 3. The number of nitrogens with one attached hydrogen (secondary N) is 1. The molecule has 0 saturated heterocycles. The maximum absolute atomic E-state index is 11.7. The van der Waals surface area contributed by atoms with Crippen molar-refractivity contribution < 1.29 is 14.3 Å². The Bertz CT molecular complexity index is 1430. The fourth-order valence-electron chi connectivity index (χ4n) is 6.33. The minimum absolute atomic E-state index is 0.214. The van der Waals surface area contributed by atoms with Crippen LogP contribution in [0, 0.1) is 5.41 Å². The zero-order valence-electron chi connectivity index (χ0n) is 25.8. The van der Waals surface area contributed by atoms with E-state index in [0.29, 0.717) is 13.0 Å². The van der Waals surface area contributed by atoms with Gasteiger partial charge < -0.3 is 14.2 Å². The molecule has 3 aromatic rings. The Labute approximate surface area is 249 Å². The zero-order valence-corrected chi connectivity index (χ0v) is 25.8. The monoisotopic (exact) mass is 572 g/mol. The molecule has 1 aliphatic carbocycles. The Morgan fingerprint density at radius 1 is 1.14 bits per heavy atom. The van der Waals surface area contributed by atoms with Crippen molar-refractivity contribution in [3.05, 3.63) is 59.4 Å². The lowest BCUT2D eigenvalue weighted by atomic mass is 9.75. The van der Waals surface area contributed by atoms with Gasteiger partial charge in [0.05, 0.1) is 17.4 Å². The number of fused-ring (bicyclic) bond motifs is 1. The number of ether oxygens (including phenoxy) is 1. The molecule has 1 atom stereocenters. The van der Waals surface area contributed by atoms with Gasteiger partial charge in [-0.15, -0.1) is 0 Å². The van der Waals surface area contributed by atoms with Gasteiger partial charge in [-0.25, -0.2) is 9.97 Å². The second-order valence-electron chi connectivity index (χ2n) is 13.0. The summed E-state index contributed by atoms with van der Waals surface area (Å²) < 4.78 is 8.43. The number of amides is 2. The number of carbonyl (C=O) groups excluding carboxylic acids is 2. The maximum atomic E-state index is 11.7. The minimum Gasteiger partial charge on any atom is -0.490 e. The fourth-order valence-corrected chi connectivity index (χ4v) is 6.33. The highest BCUT2D eigenvalue weighted by Crippen LogP contribution is 2.41. The highest BCUT2D eigenvalue weighted by molar-refractivity contribution is 5.86. The molecule has 2 aliphatic rings. The number of pyridine rings is 1. The second kappa shape index (κ2) is 11.9. The molecular formula is C33H44N6O3. The summed E-state index contributed by atoms with van der Waals surface area (Å²) in [5.74, 6) is 2.28. The lowest BCUT2D eigenvalue weighted by Gasteiger charge is -2.38. The van der Waals surface area contributed by atoms with E-state index < -0.39 is 0 Å². The molecular weight excluding hydrogens is 528 g/mol. The van der Waals surface area contributed by atoms with Crippen LogP contribution in [0.25, 0.3) is 11.5 Å². The van der Waals surface area contributed by atoms with Gasteiger partial charge in [-0.2, -0.15) is 0 Å². The molecule has 5 rings (SSSR count). The number of hydrogen-bond donors (Lipinski definition) is 1. The highest BCUT2D eigenvalue weighted by atomic mass is 16.5. The fraction of sp³-hybridized carbons (Fsp3) is 0.515. The lowest BCUT2D eigenvalue weighted by Crippen LogP contribution is -2.37. The van der Waals surface area contributed by atoms with Crippen molar-refractivity contribution in [1.29, 1.82) is 0 Å². The number of imidazole rings is 1. The van der Waals surface area contributed by atoms with Crippen molar-refractivity contribution >= 4 is 18.1 Å². The first-order valence-electron chi connectivity index (χ1n) is 15.0. The Kier molecular flexibility index (Phi) is 8.42. The van der Waals surface area contributed by atoms with Crippen LogP contribution < -0.4 is 15.0 Å². The molecule has 2 amide bonds. The molecule has 1 fully saturated rings. The van der Waals surface area contributed by atoms with E-state index in [1.54, 1.807) is 6.20 Å². The number of nitrogens with zero attached hydrogens (tertiary/aromatic N) is 5. The molecule has 3 heterocycles. The van der Waals surface area contributed by atoms with Crippen LogP contribution in [-0.2, 0) is 35.3 Å². The summed E-state index contributed by atoms with van der Waals surface area (Å²) >= 11 is 0. The third kappa shape index (κ3) is 6.07. The van der Waals surface area contributed by atoms with Gasteiger partial charge in [-0.05, 0) is 62.4 Å². The number of anilines is 1. The third-order valence-electron chi connectivity index (χ3n) is 9.17. The Balaban J connectivity index is 1.26. The molecule has 1 aliphatic heterocycles. The molecule has 0 radical (unpaired) electrons. The van der Waals surface area contributed by atoms with Crippen molar-refractivity contribution in [3.63, 3.8) is 0 Å². The Morgan fingerprint density at radius 3 is 2.62 bits per heavy atom. The predicted octanol–water partition coefficient (Wildman–Crippen LogP) is 5.18. The van der Waals surface area contributed by atoms with Gasteiger partial charge in [-0.3, -0.25) is 19.8 Å². The highest BCUT2D eigenvalue weighted by Gasteiger charge is 2.39. The van der Waals surface area contributed by atoms with Crippen molar-refractivity contribution in [2.45, 2.75) is 84.5 Å². The van der Waals surface area contributed by atoms with E-state index in [-0.39, 0.29) is 29.4 Å². The first kappa shape index (κ1) is 29.8. The number of rotatable bonds is 10. The summed E-state index contributed by atoms with van der Waals surface area (Å²) in [7, 11) is 3.86. The topological polar surface area (TPSA) is 92.6 Å². The normalized spacial score (nSPS) is 19.2. The molecule has 224 valence electrons. The van der Waals surface area contributed by atoms with Crippen LogP contribution >= 0.6 is 0 Å². The van der Waals surface area contributed by atoms with Crippen LogP contribution in [0.2, 0.25) is 0 Å².